The maximum Gasteiger partial charge on any atom is 0.355 e. The second kappa shape index (κ2) is 14.2. The zero-order valence-corrected chi connectivity index (χ0v) is 27.9. The number of benzene rings is 2. The molecule has 0 bridgehead atoms. The fourth-order valence-corrected chi connectivity index (χ4v) is 8.04. The second-order valence-corrected chi connectivity index (χ2v) is 13.8. The third kappa shape index (κ3) is 7.16. The smallest absolute Gasteiger partial charge is 0.355 e. The van der Waals surface area contributed by atoms with E-state index in [1.165, 1.54) is 37.3 Å². The number of likely N-dealkylation sites (tertiary alicyclic amines) is 1. The van der Waals surface area contributed by atoms with Crippen LogP contribution in [0.1, 0.15) is 52.2 Å². The Morgan fingerprint density at radius 3 is 2.47 bits per heavy atom. The van der Waals surface area contributed by atoms with Crippen molar-refractivity contribution >= 4 is 60.8 Å². The molecule has 2 aromatic carbocycles. The van der Waals surface area contributed by atoms with Crippen molar-refractivity contribution in [2.45, 2.75) is 45.4 Å². The van der Waals surface area contributed by atoms with E-state index in [4.69, 9.17) is 9.47 Å². The van der Waals surface area contributed by atoms with Crippen molar-refractivity contribution in [3.63, 3.8) is 0 Å². The molecule has 0 atom stereocenters. The van der Waals surface area contributed by atoms with Gasteiger partial charge in [0.25, 0.3) is 0 Å². The first-order valence-electron chi connectivity index (χ1n) is 16.1. The average Bonchev–Trinajstić information content (AvgIpc) is 3.85. The molecular weight excluding hydrogens is 635 g/mol. The lowest BCUT2D eigenvalue weighted by Crippen LogP contribution is -2.27. The van der Waals surface area contributed by atoms with Crippen LogP contribution in [0.15, 0.2) is 48.5 Å². The van der Waals surface area contributed by atoms with E-state index in [0.29, 0.717) is 43.5 Å². The highest BCUT2D eigenvalue weighted by Crippen LogP contribution is 2.39. The van der Waals surface area contributed by atoms with Crippen LogP contribution in [0.5, 0.6) is 11.5 Å². The molecule has 0 saturated carbocycles. The normalized spacial score (nSPS) is 14.8. The van der Waals surface area contributed by atoms with Crippen molar-refractivity contribution in [2.24, 2.45) is 0 Å². The minimum absolute atomic E-state index is 0.0892. The summed E-state index contributed by atoms with van der Waals surface area (Å²) in [5.74, 6) is 1.97. The molecular formula is C34H37N7O4S2. The van der Waals surface area contributed by atoms with E-state index < -0.39 is 5.97 Å². The molecule has 0 radical (unpaired) electrons. The third-order valence-electron chi connectivity index (χ3n) is 8.54. The number of hydrogen-bond donors (Lipinski definition) is 2. The molecule has 11 nitrogen and oxygen atoms in total. The summed E-state index contributed by atoms with van der Waals surface area (Å²) in [4.78, 5) is 26.6. The Balaban J connectivity index is 0.973. The summed E-state index contributed by atoms with van der Waals surface area (Å²) in [5, 5.41) is 23.8. The standard InChI is InChI=1S/C34H37N7O4S2/c1-22-25-8-6-18-41(31(25)39-38-30(22)37-33-35-26-9-2-3-10-27(26)46-33)34-36-29(32(42)43)28(47-34)11-7-20-44-23-12-14-24(15-13-23)45-21-19-40-16-4-5-17-40/h2-3,9-10,12-15H,4-8,11,16-21H2,1H3,(H,42,43)(H,35,37,38). The Hall–Kier alpha value is -4.33. The van der Waals surface area contributed by atoms with Crippen LogP contribution in [0, 0.1) is 6.92 Å². The van der Waals surface area contributed by atoms with E-state index in [9.17, 15) is 9.90 Å². The summed E-state index contributed by atoms with van der Waals surface area (Å²) < 4.78 is 12.9. The van der Waals surface area contributed by atoms with Gasteiger partial charge in [0.05, 0.1) is 16.8 Å². The molecule has 2 aliphatic rings. The molecule has 3 aromatic heterocycles. The molecule has 2 aliphatic heterocycles. The van der Waals surface area contributed by atoms with Crippen LogP contribution in [0.3, 0.4) is 0 Å². The van der Waals surface area contributed by atoms with Gasteiger partial charge in [-0.15, -0.1) is 21.5 Å². The van der Waals surface area contributed by atoms with Crippen LogP contribution in [-0.4, -0.2) is 75.5 Å². The Bertz CT molecular complexity index is 1820. The quantitative estimate of drug-likeness (QED) is 0.128. The minimum Gasteiger partial charge on any atom is -0.494 e. The van der Waals surface area contributed by atoms with Crippen LogP contribution in [0.25, 0.3) is 10.2 Å². The lowest BCUT2D eigenvalue weighted by molar-refractivity contribution is 0.0690. The van der Waals surface area contributed by atoms with Gasteiger partial charge in [0.1, 0.15) is 18.1 Å². The first-order valence-corrected chi connectivity index (χ1v) is 17.7. The molecule has 244 valence electrons. The number of carboxylic acids is 1. The van der Waals surface area contributed by atoms with Crippen LogP contribution in [0.2, 0.25) is 0 Å². The number of aromatic nitrogens is 4. The number of aromatic carboxylic acids is 1. The summed E-state index contributed by atoms with van der Waals surface area (Å²) in [6.45, 7) is 7.16. The fourth-order valence-electron chi connectivity index (χ4n) is 6.06. The number of carboxylic acid groups (broad SMARTS) is 1. The summed E-state index contributed by atoms with van der Waals surface area (Å²) >= 11 is 2.98. The molecule has 1 saturated heterocycles. The Labute approximate surface area is 281 Å². The van der Waals surface area contributed by atoms with E-state index in [1.807, 2.05) is 60.4 Å². The third-order valence-corrected chi connectivity index (χ3v) is 10.6. The molecule has 0 amide bonds. The minimum atomic E-state index is -1.03. The van der Waals surface area contributed by atoms with E-state index in [0.717, 1.165) is 68.1 Å². The van der Waals surface area contributed by atoms with Crippen molar-refractivity contribution in [1.82, 2.24) is 25.1 Å². The number of anilines is 4. The van der Waals surface area contributed by atoms with Gasteiger partial charge in [-0.25, -0.2) is 14.8 Å². The van der Waals surface area contributed by atoms with Gasteiger partial charge in [0, 0.05) is 29.1 Å². The molecule has 7 rings (SSSR count). The van der Waals surface area contributed by atoms with Gasteiger partial charge >= 0.3 is 5.97 Å². The number of para-hydroxylation sites is 1. The number of carbonyl (C=O) groups is 1. The van der Waals surface area contributed by atoms with E-state index in [2.05, 4.69) is 30.4 Å². The lowest BCUT2D eigenvalue weighted by Gasteiger charge is -2.28. The van der Waals surface area contributed by atoms with Crippen molar-refractivity contribution in [1.29, 1.82) is 0 Å². The van der Waals surface area contributed by atoms with Crippen LogP contribution < -0.4 is 19.7 Å². The van der Waals surface area contributed by atoms with Crippen LogP contribution in [-0.2, 0) is 12.8 Å². The summed E-state index contributed by atoms with van der Waals surface area (Å²) in [6, 6.07) is 15.7. The average molecular weight is 672 g/mol. The number of fused-ring (bicyclic) bond motifs is 2. The topological polar surface area (TPSA) is 126 Å². The largest absolute Gasteiger partial charge is 0.494 e. The summed E-state index contributed by atoms with van der Waals surface area (Å²) in [6.07, 6.45) is 5.52. The zero-order valence-electron chi connectivity index (χ0n) is 26.3. The first-order chi connectivity index (χ1) is 23.0. The van der Waals surface area contributed by atoms with Crippen molar-refractivity contribution < 1.29 is 19.4 Å². The highest BCUT2D eigenvalue weighted by atomic mass is 32.1. The highest BCUT2D eigenvalue weighted by molar-refractivity contribution is 7.22. The SMILES string of the molecule is Cc1c(Nc2nc3ccccc3s2)nnc2c1CCCN2c1nc(C(=O)O)c(CCCOc2ccc(OCCN3CCCC3)cc2)s1. The number of thiazole rings is 2. The molecule has 47 heavy (non-hydrogen) atoms. The summed E-state index contributed by atoms with van der Waals surface area (Å²) in [7, 11) is 0. The van der Waals surface area contributed by atoms with Crippen molar-refractivity contribution in [3.05, 3.63) is 70.2 Å². The number of rotatable bonds is 13. The van der Waals surface area contributed by atoms with Crippen molar-refractivity contribution in [3.8, 4) is 11.5 Å². The molecule has 0 aliphatic carbocycles. The predicted octanol–water partition coefficient (Wildman–Crippen LogP) is 6.86. The summed E-state index contributed by atoms with van der Waals surface area (Å²) in [5.41, 5.74) is 3.12. The number of aryl methyl sites for hydroxylation is 1. The predicted molar refractivity (Wildman–Crippen MR) is 185 cm³/mol. The number of nitrogens with one attached hydrogen (secondary N) is 1. The highest BCUT2D eigenvalue weighted by Gasteiger charge is 2.28. The Morgan fingerprint density at radius 1 is 0.936 bits per heavy atom. The number of nitrogens with zero attached hydrogens (tertiary/aromatic N) is 6. The van der Waals surface area contributed by atoms with Gasteiger partial charge in [0.15, 0.2) is 27.6 Å². The fraction of sp³-hybridized carbons (Fsp3) is 0.382. The molecule has 5 aromatic rings. The molecule has 1 fully saturated rings. The molecule has 2 N–H and O–H groups in total. The first kappa shape index (κ1) is 31.3. The second-order valence-electron chi connectivity index (χ2n) is 11.7. The van der Waals surface area contributed by atoms with Gasteiger partial charge in [-0.2, -0.15) is 0 Å². The number of ether oxygens (including phenoxy) is 2. The molecule has 13 heteroatoms. The maximum absolute atomic E-state index is 12.2. The van der Waals surface area contributed by atoms with Crippen LogP contribution in [0.4, 0.5) is 21.9 Å². The van der Waals surface area contributed by atoms with Gasteiger partial charge < -0.3 is 24.8 Å². The Kier molecular flexibility index (Phi) is 9.45. The van der Waals surface area contributed by atoms with Gasteiger partial charge in [-0.1, -0.05) is 23.5 Å². The lowest BCUT2D eigenvalue weighted by atomic mass is 10.0. The van der Waals surface area contributed by atoms with Crippen molar-refractivity contribution in [2.75, 3.05) is 49.6 Å². The molecule has 5 heterocycles. The zero-order chi connectivity index (χ0) is 32.2. The van der Waals surface area contributed by atoms with Gasteiger partial charge in [-0.05, 0) is 94.9 Å². The van der Waals surface area contributed by atoms with E-state index >= 15 is 0 Å². The van der Waals surface area contributed by atoms with Gasteiger partial charge in [0.2, 0.25) is 0 Å². The monoisotopic (exact) mass is 671 g/mol. The van der Waals surface area contributed by atoms with Crippen LogP contribution >= 0.6 is 22.7 Å². The number of hydrogen-bond acceptors (Lipinski definition) is 12. The Morgan fingerprint density at radius 2 is 1.70 bits per heavy atom. The van der Waals surface area contributed by atoms with Gasteiger partial charge in [-0.3, -0.25) is 4.90 Å². The molecule has 0 spiro atoms. The van der Waals surface area contributed by atoms with E-state index in [-0.39, 0.29) is 5.69 Å². The molecule has 0 unspecified atom stereocenters. The van der Waals surface area contributed by atoms with E-state index in [1.54, 1.807) is 11.3 Å². The maximum atomic E-state index is 12.2.